The summed E-state index contributed by atoms with van der Waals surface area (Å²) in [6.07, 6.45) is -1.18. The van der Waals surface area contributed by atoms with Crippen molar-refractivity contribution in [2.24, 2.45) is 0 Å². The Balaban J connectivity index is 3.80. The highest BCUT2D eigenvalue weighted by molar-refractivity contribution is 4.35. The first-order chi connectivity index (χ1) is 4.54. The number of nitrogens with zero attached hydrogens (tertiary/aromatic N) is 1. The Bertz CT molecular complexity index is 89.6. The summed E-state index contributed by atoms with van der Waals surface area (Å²) < 4.78 is 0.720. The zero-order valence-electron chi connectivity index (χ0n) is 7.04. The van der Waals surface area contributed by atoms with Crippen molar-refractivity contribution in [2.45, 2.75) is 20.1 Å². The topological polar surface area (TPSA) is 40.5 Å². The zero-order chi connectivity index (χ0) is 8.20. The van der Waals surface area contributed by atoms with Crippen LogP contribution in [0.25, 0.3) is 0 Å². The van der Waals surface area contributed by atoms with Gasteiger partial charge in [0.05, 0.1) is 20.1 Å². The summed E-state index contributed by atoms with van der Waals surface area (Å²) in [5.41, 5.74) is 0. The summed E-state index contributed by atoms with van der Waals surface area (Å²) in [5.74, 6) is 0. The van der Waals surface area contributed by atoms with Gasteiger partial charge in [-0.3, -0.25) is 0 Å². The lowest BCUT2D eigenvalue weighted by molar-refractivity contribution is -0.911. The van der Waals surface area contributed by atoms with Gasteiger partial charge in [-0.25, -0.2) is 0 Å². The van der Waals surface area contributed by atoms with Crippen LogP contribution in [0.2, 0.25) is 0 Å². The van der Waals surface area contributed by atoms with E-state index in [1.54, 1.807) is 0 Å². The molecule has 0 aromatic carbocycles. The third-order valence-electron chi connectivity index (χ3n) is 2.13. The minimum Gasteiger partial charge on any atom is -0.364 e. The van der Waals surface area contributed by atoms with E-state index in [0.717, 1.165) is 17.6 Å². The summed E-state index contributed by atoms with van der Waals surface area (Å²) in [7, 11) is 2.01. The molecule has 0 saturated heterocycles. The number of rotatable bonds is 4. The summed E-state index contributed by atoms with van der Waals surface area (Å²) in [6, 6.07) is 0. The van der Waals surface area contributed by atoms with E-state index in [1.807, 2.05) is 20.9 Å². The molecule has 3 heteroatoms. The molecule has 0 aliphatic heterocycles. The monoisotopic (exact) mass is 148 g/mol. The lowest BCUT2D eigenvalue weighted by Gasteiger charge is -2.32. The van der Waals surface area contributed by atoms with Gasteiger partial charge in [0.2, 0.25) is 6.29 Å². The molecule has 0 amide bonds. The molecule has 0 radical (unpaired) electrons. The molecule has 0 aromatic heterocycles. The summed E-state index contributed by atoms with van der Waals surface area (Å²) >= 11 is 0. The molecule has 0 aliphatic carbocycles. The van der Waals surface area contributed by atoms with E-state index in [0.29, 0.717) is 6.54 Å². The number of likely N-dealkylation sites (N-methyl/N-ethyl adjacent to an activating group) is 1. The Labute approximate surface area is 62.5 Å². The van der Waals surface area contributed by atoms with Crippen molar-refractivity contribution in [3.05, 3.63) is 0 Å². The van der Waals surface area contributed by atoms with Crippen molar-refractivity contribution in [3.8, 4) is 0 Å². The first-order valence-corrected chi connectivity index (χ1v) is 3.73. The second-order valence-electron chi connectivity index (χ2n) is 2.92. The Kier molecular flexibility index (Phi) is 3.86. The lowest BCUT2D eigenvalue weighted by atomic mass is 10.4. The molecule has 0 spiro atoms. The van der Waals surface area contributed by atoms with Gasteiger partial charge in [0.25, 0.3) is 0 Å². The molecule has 0 bridgehead atoms. The van der Waals surface area contributed by atoms with Crippen molar-refractivity contribution in [1.82, 2.24) is 0 Å². The second-order valence-corrected chi connectivity index (χ2v) is 2.92. The smallest absolute Gasteiger partial charge is 0.202 e. The summed E-state index contributed by atoms with van der Waals surface area (Å²) in [4.78, 5) is 0. The molecule has 0 aromatic rings. The normalized spacial score (nSPS) is 12.6. The van der Waals surface area contributed by atoms with Gasteiger partial charge in [0.1, 0.15) is 6.54 Å². The molecule has 0 fully saturated rings. The highest BCUT2D eigenvalue weighted by Crippen LogP contribution is 2.01. The van der Waals surface area contributed by atoms with Gasteiger partial charge in [-0.15, -0.1) is 0 Å². The molecule has 0 unspecified atom stereocenters. The van der Waals surface area contributed by atoms with E-state index >= 15 is 0 Å². The predicted molar refractivity (Wildman–Crippen MR) is 40.4 cm³/mol. The summed E-state index contributed by atoms with van der Waals surface area (Å²) in [6.45, 7) is 6.40. The van der Waals surface area contributed by atoms with Gasteiger partial charge in [0, 0.05) is 0 Å². The minimum atomic E-state index is -1.18. The third kappa shape index (κ3) is 3.15. The average Bonchev–Trinajstić information content (AvgIpc) is 1.87. The van der Waals surface area contributed by atoms with Crippen LogP contribution in [0.15, 0.2) is 0 Å². The molecule has 0 aliphatic rings. The average molecular weight is 148 g/mol. The molecule has 10 heavy (non-hydrogen) atoms. The van der Waals surface area contributed by atoms with Crippen LogP contribution in [0.4, 0.5) is 0 Å². The first kappa shape index (κ1) is 9.88. The maximum atomic E-state index is 8.69. The third-order valence-corrected chi connectivity index (χ3v) is 2.13. The molecule has 0 rings (SSSR count). The predicted octanol–water partition coefficient (Wildman–Crippen LogP) is -0.216. The standard InChI is InChI=1S/C7H18NO2/c1-4-8(3,5-2)6-7(9)10/h7,9-10H,4-6H2,1-3H3/q+1. The lowest BCUT2D eigenvalue weighted by Crippen LogP contribution is -2.48. The molecular weight excluding hydrogens is 130 g/mol. The van der Waals surface area contributed by atoms with Crippen molar-refractivity contribution in [3.63, 3.8) is 0 Å². The van der Waals surface area contributed by atoms with Crippen molar-refractivity contribution in [1.29, 1.82) is 0 Å². The Morgan fingerprint density at radius 2 is 1.60 bits per heavy atom. The van der Waals surface area contributed by atoms with Crippen molar-refractivity contribution < 1.29 is 14.7 Å². The molecule has 0 heterocycles. The van der Waals surface area contributed by atoms with Crippen LogP contribution in [0.1, 0.15) is 13.8 Å². The second kappa shape index (κ2) is 3.91. The van der Waals surface area contributed by atoms with E-state index < -0.39 is 6.29 Å². The molecular formula is C7H18NO2+. The molecule has 0 saturated carbocycles. The van der Waals surface area contributed by atoms with Crippen LogP contribution in [-0.4, -0.2) is 47.7 Å². The number of quaternary nitrogens is 1. The maximum Gasteiger partial charge on any atom is 0.202 e. The van der Waals surface area contributed by atoms with Gasteiger partial charge in [-0.1, -0.05) is 0 Å². The van der Waals surface area contributed by atoms with E-state index in [4.69, 9.17) is 10.2 Å². The van der Waals surface area contributed by atoms with Gasteiger partial charge in [0.15, 0.2) is 0 Å². The van der Waals surface area contributed by atoms with E-state index in [1.165, 1.54) is 0 Å². The minimum absolute atomic E-state index is 0.424. The first-order valence-electron chi connectivity index (χ1n) is 3.73. The maximum absolute atomic E-state index is 8.69. The van der Waals surface area contributed by atoms with Crippen LogP contribution >= 0.6 is 0 Å². The van der Waals surface area contributed by atoms with Gasteiger partial charge in [-0.2, -0.15) is 0 Å². The fourth-order valence-corrected chi connectivity index (χ4v) is 0.876. The van der Waals surface area contributed by atoms with Crippen LogP contribution in [0.5, 0.6) is 0 Å². The Morgan fingerprint density at radius 3 is 1.70 bits per heavy atom. The Morgan fingerprint density at radius 1 is 1.20 bits per heavy atom. The zero-order valence-corrected chi connectivity index (χ0v) is 7.04. The SMILES string of the molecule is CC[N+](C)(CC)CC(O)O. The van der Waals surface area contributed by atoms with E-state index in [2.05, 4.69) is 0 Å². The van der Waals surface area contributed by atoms with Crippen LogP contribution in [-0.2, 0) is 0 Å². The van der Waals surface area contributed by atoms with Gasteiger partial charge >= 0.3 is 0 Å². The van der Waals surface area contributed by atoms with Crippen molar-refractivity contribution in [2.75, 3.05) is 26.7 Å². The number of hydrogen-bond acceptors (Lipinski definition) is 2. The highest BCUT2D eigenvalue weighted by Gasteiger charge is 2.19. The fourth-order valence-electron chi connectivity index (χ4n) is 0.876. The molecule has 2 N–H and O–H groups in total. The molecule has 0 atom stereocenters. The number of aliphatic hydroxyl groups is 2. The number of aliphatic hydroxyl groups excluding tert-OH is 1. The van der Waals surface area contributed by atoms with Gasteiger partial charge < -0.3 is 14.7 Å². The van der Waals surface area contributed by atoms with Gasteiger partial charge in [-0.05, 0) is 13.8 Å². The van der Waals surface area contributed by atoms with E-state index in [9.17, 15) is 0 Å². The fraction of sp³-hybridized carbons (Fsp3) is 1.00. The van der Waals surface area contributed by atoms with Crippen molar-refractivity contribution >= 4 is 0 Å². The van der Waals surface area contributed by atoms with Crippen LogP contribution in [0, 0.1) is 0 Å². The highest BCUT2D eigenvalue weighted by atomic mass is 16.5. The summed E-state index contributed by atoms with van der Waals surface area (Å²) in [5, 5.41) is 17.4. The van der Waals surface area contributed by atoms with E-state index in [-0.39, 0.29) is 0 Å². The molecule has 3 nitrogen and oxygen atoms in total. The quantitative estimate of drug-likeness (QED) is 0.427. The largest absolute Gasteiger partial charge is 0.364 e. The molecule has 62 valence electrons. The number of hydrogen-bond donors (Lipinski definition) is 2. The Hall–Kier alpha value is -0.120. The van der Waals surface area contributed by atoms with Crippen LogP contribution in [0.3, 0.4) is 0 Å². The van der Waals surface area contributed by atoms with Crippen LogP contribution < -0.4 is 0 Å².